The van der Waals surface area contributed by atoms with E-state index in [1.54, 1.807) is 0 Å². The number of amides is 1. The van der Waals surface area contributed by atoms with Gasteiger partial charge in [-0.3, -0.25) is 9.36 Å². The van der Waals surface area contributed by atoms with Gasteiger partial charge in [0.1, 0.15) is 0 Å². The highest BCUT2D eigenvalue weighted by atomic mass is 35.5. The number of hydrogen-bond acceptors (Lipinski definition) is 5. The molecule has 1 heterocycles. The van der Waals surface area contributed by atoms with Gasteiger partial charge < -0.3 is 10.6 Å². The largest absolute Gasteiger partial charge is 0.377 e. The van der Waals surface area contributed by atoms with Crippen molar-refractivity contribution in [3.8, 4) is 5.69 Å². The lowest BCUT2D eigenvalue weighted by molar-refractivity contribution is -0.118. The first-order chi connectivity index (χ1) is 15.7. The number of hydrogen-bond donors (Lipinski definition) is 2. The zero-order valence-corrected chi connectivity index (χ0v) is 18.8. The Hall–Kier alpha value is -3.29. The lowest BCUT2D eigenvalue weighted by Gasteiger charge is -2.12. The molecular weight excluding hydrogens is 442 g/mol. The molecule has 8 heteroatoms. The van der Waals surface area contributed by atoms with Gasteiger partial charge in [0.15, 0.2) is 11.0 Å². The molecule has 0 aliphatic heterocycles. The summed E-state index contributed by atoms with van der Waals surface area (Å²) in [7, 11) is 0. The maximum Gasteiger partial charge on any atom is 0.230 e. The van der Waals surface area contributed by atoms with Crippen LogP contribution in [0.25, 0.3) is 5.69 Å². The van der Waals surface area contributed by atoms with Crippen LogP contribution in [0.3, 0.4) is 0 Å². The summed E-state index contributed by atoms with van der Waals surface area (Å²) >= 11 is 7.61. The Morgan fingerprint density at radius 2 is 1.56 bits per heavy atom. The molecule has 0 aliphatic rings. The normalized spacial score (nSPS) is 10.7. The highest BCUT2D eigenvalue weighted by molar-refractivity contribution is 7.99. The minimum absolute atomic E-state index is 0.0581. The second-order valence-electron chi connectivity index (χ2n) is 6.95. The number of carbonyl (C=O) groups is 1. The number of para-hydroxylation sites is 2. The molecule has 4 rings (SSSR count). The second-order valence-corrected chi connectivity index (χ2v) is 8.30. The Morgan fingerprint density at radius 3 is 2.31 bits per heavy atom. The van der Waals surface area contributed by atoms with Crippen LogP contribution in [0.15, 0.2) is 90.1 Å². The molecule has 162 valence electrons. The molecule has 3 aromatic carbocycles. The quantitative estimate of drug-likeness (QED) is 0.344. The number of benzene rings is 3. The van der Waals surface area contributed by atoms with E-state index < -0.39 is 0 Å². The minimum Gasteiger partial charge on any atom is -0.377 e. The van der Waals surface area contributed by atoms with E-state index in [2.05, 4.69) is 20.8 Å². The summed E-state index contributed by atoms with van der Waals surface area (Å²) in [4.78, 5) is 12.4. The molecular formula is C24H22ClN5OS. The van der Waals surface area contributed by atoms with Gasteiger partial charge in [0, 0.05) is 12.2 Å². The van der Waals surface area contributed by atoms with E-state index >= 15 is 0 Å². The minimum atomic E-state index is -0.0581. The number of nitrogens with one attached hydrogen (secondary N) is 2. The van der Waals surface area contributed by atoms with Gasteiger partial charge in [-0.1, -0.05) is 84.0 Å². The van der Waals surface area contributed by atoms with Gasteiger partial charge in [-0.2, -0.15) is 0 Å². The van der Waals surface area contributed by atoms with Gasteiger partial charge in [-0.15, -0.1) is 10.2 Å². The van der Waals surface area contributed by atoms with Crippen LogP contribution >= 0.6 is 23.4 Å². The number of carbonyl (C=O) groups excluding carboxylic acids is 1. The van der Waals surface area contributed by atoms with Crippen LogP contribution in [0, 0.1) is 0 Å². The fourth-order valence-corrected chi connectivity index (χ4v) is 4.10. The van der Waals surface area contributed by atoms with Crippen molar-refractivity contribution in [2.75, 3.05) is 11.1 Å². The molecule has 0 bridgehead atoms. The van der Waals surface area contributed by atoms with Gasteiger partial charge in [-0.25, -0.2) is 0 Å². The smallest absolute Gasteiger partial charge is 0.230 e. The predicted molar refractivity (Wildman–Crippen MR) is 129 cm³/mol. The summed E-state index contributed by atoms with van der Waals surface area (Å²) < 4.78 is 1.96. The first-order valence-electron chi connectivity index (χ1n) is 10.1. The predicted octanol–water partition coefficient (Wildman–Crippen LogP) is 4.94. The molecule has 0 saturated heterocycles. The third-order valence-corrected chi connectivity index (χ3v) is 5.95. The van der Waals surface area contributed by atoms with E-state index in [1.807, 2.05) is 89.5 Å². The summed E-state index contributed by atoms with van der Waals surface area (Å²) in [6, 6.07) is 27.2. The summed E-state index contributed by atoms with van der Waals surface area (Å²) in [6.45, 7) is 0.936. The van der Waals surface area contributed by atoms with Crippen LogP contribution in [-0.4, -0.2) is 26.4 Å². The van der Waals surface area contributed by atoms with E-state index in [0.29, 0.717) is 23.3 Å². The molecule has 0 saturated carbocycles. The first kappa shape index (κ1) is 21.9. The van der Waals surface area contributed by atoms with E-state index in [0.717, 1.165) is 22.8 Å². The standard InChI is InChI=1S/C24H22ClN5OS/c25-20-13-7-8-14-21(20)26-16-22-28-29-24(30(22)19-11-5-2-6-12-19)32-17-23(31)27-15-18-9-3-1-4-10-18/h1-14,26H,15-17H2,(H,27,31). The molecule has 6 nitrogen and oxygen atoms in total. The number of rotatable bonds is 9. The van der Waals surface area contributed by atoms with Gasteiger partial charge >= 0.3 is 0 Å². The average molecular weight is 464 g/mol. The molecule has 0 aliphatic carbocycles. The molecule has 32 heavy (non-hydrogen) atoms. The van der Waals surface area contributed by atoms with Crippen LogP contribution in [0.1, 0.15) is 11.4 Å². The summed E-state index contributed by atoms with van der Waals surface area (Å²) in [5.41, 5.74) is 2.82. The molecule has 0 fully saturated rings. The van der Waals surface area contributed by atoms with Crippen molar-refractivity contribution < 1.29 is 4.79 Å². The topological polar surface area (TPSA) is 71.8 Å². The van der Waals surface area contributed by atoms with Crippen LogP contribution in [-0.2, 0) is 17.9 Å². The fourth-order valence-electron chi connectivity index (χ4n) is 3.10. The molecule has 1 aromatic heterocycles. The Balaban J connectivity index is 1.45. The van der Waals surface area contributed by atoms with Crippen LogP contribution in [0.4, 0.5) is 5.69 Å². The number of thioether (sulfide) groups is 1. The highest BCUT2D eigenvalue weighted by Crippen LogP contribution is 2.24. The summed E-state index contributed by atoms with van der Waals surface area (Å²) in [5.74, 6) is 0.913. The van der Waals surface area contributed by atoms with Crippen molar-refractivity contribution in [1.29, 1.82) is 0 Å². The second kappa shape index (κ2) is 10.8. The lowest BCUT2D eigenvalue weighted by Crippen LogP contribution is -2.24. The third kappa shape index (κ3) is 5.69. The van der Waals surface area contributed by atoms with E-state index in [1.165, 1.54) is 11.8 Å². The summed E-state index contributed by atoms with van der Waals surface area (Å²) in [6.07, 6.45) is 0. The highest BCUT2D eigenvalue weighted by Gasteiger charge is 2.16. The van der Waals surface area contributed by atoms with E-state index in [-0.39, 0.29) is 11.7 Å². The van der Waals surface area contributed by atoms with Crippen molar-refractivity contribution in [2.45, 2.75) is 18.2 Å². The van der Waals surface area contributed by atoms with Crippen LogP contribution < -0.4 is 10.6 Å². The first-order valence-corrected chi connectivity index (χ1v) is 11.5. The molecule has 0 radical (unpaired) electrons. The van der Waals surface area contributed by atoms with Crippen molar-refractivity contribution in [1.82, 2.24) is 20.1 Å². The number of aromatic nitrogens is 3. The fraction of sp³-hybridized carbons (Fsp3) is 0.125. The van der Waals surface area contributed by atoms with Gasteiger partial charge in [-0.05, 0) is 29.8 Å². The van der Waals surface area contributed by atoms with Gasteiger partial charge in [0.2, 0.25) is 5.91 Å². The Kier molecular flexibility index (Phi) is 7.42. The van der Waals surface area contributed by atoms with Crippen molar-refractivity contribution in [2.24, 2.45) is 0 Å². The molecule has 0 unspecified atom stereocenters. The summed E-state index contributed by atoms with van der Waals surface area (Å²) in [5, 5.41) is 16.3. The van der Waals surface area contributed by atoms with Crippen molar-refractivity contribution in [3.05, 3.63) is 101 Å². The monoisotopic (exact) mass is 463 g/mol. The van der Waals surface area contributed by atoms with Crippen LogP contribution in [0.5, 0.6) is 0 Å². The maximum absolute atomic E-state index is 12.4. The lowest BCUT2D eigenvalue weighted by atomic mass is 10.2. The number of halogens is 1. The number of nitrogens with zero attached hydrogens (tertiary/aromatic N) is 3. The Bertz CT molecular complexity index is 1170. The molecule has 1 amide bonds. The molecule has 4 aromatic rings. The van der Waals surface area contributed by atoms with E-state index in [9.17, 15) is 4.79 Å². The Morgan fingerprint density at radius 1 is 0.875 bits per heavy atom. The van der Waals surface area contributed by atoms with Crippen molar-refractivity contribution in [3.63, 3.8) is 0 Å². The van der Waals surface area contributed by atoms with Crippen LogP contribution in [0.2, 0.25) is 5.02 Å². The average Bonchev–Trinajstić information content (AvgIpc) is 3.25. The SMILES string of the molecule is O=C(CSc1nnc(CNc2ccccc2Cl)n1-c1ccccc1)NCc1ccccc1. The Labute approximate surface area is 196 Å². The zero-order valence-electron chi connectivity index (χ0n) is 17.2. The van der Waals surface area contributed by atoms with Gasteiger partial charge in [0.05, 0.1) is 23.0 Å². The molecule has 0 atom stereocenters. The number of anilines is 1. The maximum atomic E-state index is 12.4. The molecule has 2 N–H and O–H groups in total. The van der Waals surface area contributed by atoms with E-state index in [4.69, 9.17) is 11.6 Å². The van der Waals surface area contributed by atoms with Crippen molar-refractivity contribution >= 4 is 35.0 Å². The zero-order chi connectivity index (χ0) is 22.2. The van der Waals surface area contributed by atoms with Gasteiger partial charge in [0.25, 0.3) is 0 Å². The molecule has 0 spiro atoms. The third-order valence-electron chi connectivity index (χ3n) is 4.69.